The van der Waals surface area contributed by atoms with Gasteiger partial charge in [0, 0.05) is 0 Å². The lowest BCUT2D eigenvalue weighted by atomic mass is 10.3. The van der Waals surface area contributed by atoms with Crippen LogP contribution in [0.15, 0.2) is 0 Å². The molecule has 100 valence electrons. The molecule has 0 aromatic carbocycles. The van der Waals surface area contributed by atoms with Gasteiger partial charge in [-0.15, -0.1) is 0 Å². The van der Waals surface area contributed by atoms with Crippen LogP contribution in [0.3, 0.4) is 0 Å². The summed E-state index contributed by atoms with van der Waals surface area (Å²) in [7, 11) is 0. The van der Waals surface area contributed by atoms with Crippen LogP contribution in [0, 0.1) is 0 Å². The second-order valence-corrected chi connectivity index (χ2v) is 4.13. The number of quaternary nitrogens is 1. The Bertz CT molecular complexity index is 241. The van der Waals surface area contributed by atoms with Crippen LogP contribution in [0.25, 0.3) is 0 Å². The fourth-order valence-corrected chi connectivity index (χ4v) is 1.78. The molecule has 0 heterocycles. The monoisotopic (exact) mass is 246 g/mol. The second kappa shape index (κ2) is 8.06. The fraction of sp³-hybridized carbons (Fsp3) is 0.833. The third-order valence-corrected chi connectivity index (χ3v) is 3.38. The highest BCUT2D eigenvalue weighted by atomic mass is 16.5. The first-order valence-corrected chi connectivity index (χ1v) is 6.22. The first-order valence-electron chi connectivity index (χ1n) is 6.22. The van der Waals surface area contributed by atoms with Gasteiger partial charge in [-0.2, -0.15) is 0 Å². The molecular weight excluding hydrogens is 222 g/mol. The molecule has 0 bridgehead atoms. The lowest BCUT2D eigenvalue weighted by Gasteiger charge is -2.35. The Morgan fingerprint density at radius 3 is 2.00 bits per heavy atom. The average molecular weight is 246 g/mol. The summed E-state index contributed by atoms with van der Waals surface area (Å²) in [5.74, 6) is -1.39. The molecule has 5 heteroatoms. The van der Waals surface area contributed by atoms with Crippen molar-refractivity contribution in [1.82, 2.24) is 0 Å². The Morgan fingerprint density at radius 2 is 1.59 bits per heavy atom. The van der Waals surface area contributed by atoms with Crippen molar-refractivity contribution < 1.29 is 23.9 Å². The van der Waals surface area contributed by atoms with Crippen LogP contribution in [0.2, 0.25) is 0 Å². The minimum absolute atomic E-state index is 0.0420. The lowest BCUT2D eigenvalue weighted by Crippen LogP contribution is -2.49. The zero-order valence-electron chi connectivity index (χ0n) is 11.1. The van der Waals surface area contributed by atoms with Gasteiger partial charge in [0.2, 0.25) is 0 Å². The van der Waals surface area contributed by atoms with Crippen molar-refractivity contribution >= 4 is 11.9 Å². The largest absolute Gasteiger partial charge is 0.481 e. The van der Waals surface area contributed by atoms with Crippen LogP contribution in [-0.2, 0) is 14.3 Å². The molecule has 0 spiro atoms. The predicted molar refractivity (Wildman–Crippen MR) is 64.6 cm³/mol. The van der Waals surface area contributed by atoms with Crippen molar-refractivity contribution in [3.63, 3.8) is 0 Å². The number of esters is 1. The van der Waals surface area contributed by atoms with E-state index >= 15 is 0 Å². The summed E-state index contributed by atoms with van der Waals surface area (Å²) in [5.41, 5.74) is 0. The topological polar surface area (TPSA) is 63.6 Å². The number of carbonyl (C=O) groups is 2. The smallest absolute Gasteiger partial charge is 0.306 e. The minimum atomic E-state index is -0.970. The predicted octanol–water partition coefficient (Wildman–Crippen LogP) is 1.27. The Kier molecular flexibility index (Phi) is 7.54. The molecule has 0 amide bonds. The van der Waals surface area contributed by atoms with Gasteiger partial charge in [0.15, 0.2) is 0 Å². The van der Waals surface area contributed by atoms with Gasteiger partial charge >= 0.3 is 11.9 Å². The van der Waals surface area contributed by atoms with E-state index in [9.17, 15) is 9.59 Å². The highest BCUT2D eigenvalue weighted by Crippen LogP contribution is 2.05. The van der Waals surface area contributed by atoms with Crippen molar-refractivity contribution in [3.05, 3.63) is 0 Å². The van der Waals surface area contributed by atoms with Gasteiger partial charge < -0.3 is 14.3 Å². The van der Waals surface area contributed by atoms with Crippen LogP contribution in [-0.4, -0.2) is 54.3 Å². The SMILES string of the molecule is CC[N+](CC)(CC)CCOC(=O)CCC(=O)O. The third-order valence-electron chi connectivity index (χ3n) is 3.38. The summed E-state index contributed by atoms with van der Waals surface area (Å²) in [4.78, 5) is 21.5. The summed E-state index contributed by atoms with van der Waals surface area (Å²) in [6.45, 7) is 10.6. The zero-order valence-corrected chi connectivity index (χ0v) is 11.1. The highest BCUT2D eigenvalue weighted by Gasteiger charge is 2.20. The van der Waals surface area contributed by atoms with E-state index in [1.54, 1.807) is 0 Å². The molecule has 0 aromatic rings. The molecule has 0 saturated heterocycles. The second-order valence-electron chi connectivity index (χ2n) is 4.13. The van der Waals surface area contributed by atoms with E-state index in [-0.39, 0.29) is 12.8 Å². The van der Waals surface area contributed by atoms with Gasteiger partial charge in [-0.1, -0.05) is 0 Å². The molecule has 0 radical (unpaired) electrons. The Balaban J connectivity index is 3.88. The molecule has 0 rings (SSSR count). The van der Waals surface area contributed by atoms with Crippen molar-refractivity contribution in [2.24, 2.45) is 0 Å². The molecule has 0 aromatic heterocycles. The average Bonchev–Trinajstić information content (AvgIpc) is 2.33. The fourth-order valence-electron chi connectivity index (χ4n) is 1.78. The van der Waals surface area contributed by atoms with Gasteiger partial charge in [-0.25, -0.2) is 0 Å². The molecule has 0 unspecified atom stereocenters. The molecular formula is C12H24NO4+. The van der Waals surface area contributed by atoms with Crippen LogP contribution < -0.4 is 0 Å². The zero-order chi connectivity index (χ0) is 13.3. The summed E-state index contributed by atoms with van der Waals surface area (Å²) in [6, 6.07) is 0. The molecule has 17 heavy (non-hydrogen) atoms. The number of nitrogens with zero attached hydrogens (tertiary/aromatic N) is 1. The van der Waals surface area contributed by atoms with E-state index in [4.69, 9.17) is 9.84 Å². The number of ether oxygens (including phenoxy) is 1. The van der Waals surface area contributed by atoms with E-state index in [2.05, 4.69) is 20.8 Å². The number of carbonyl (C=O) groups excluding carboxylic acids is 1. The summed E-state index contributed by atoms with van der Waals surface area (Å²) < 4.78 is 5.96. The van der Waals surface area contributed by atoms with E-state index in [0.717, 1.165) is 30.7 Å². The number of carboxylic acid groups (broad SMARTS) is 1. The quantitative estimate of drug-likeness (QED) is 0.491. The number of aliphatic carboxylic acids is 1. The first-order chi connectivity index (χ1) is 7.99. The number of carboxylic acids is 1. The van der Waals surface area contributed by atoms with Gasteiger partial charge in [-0.3, -0.25) is 9.59 Å². The maximum Gasteiger partial charge on any atom is 0.306 e. The van der Waals surface area contributed by atoms with Crippen molar-refractivity contribution in [2.75, 3.05) is 32.8 Å². The van der Waals surface area contributed by atoms with Crippen molar-refractivity contribution in [2.45, 2.75) is 33.6 Å². The number of hydrogen-bond donors (Lipinski definition) is 1. The Hall–Kier alpha value is -1.10. The van der Waals surface area contributed by atoms with E-state index in [1.165, 1.54) is 0 Å². The van der Waals surface area contributed by atoms with Crippen molar-refractivity contribution in [3.8, 4) is 0 Å². The molecule has 0 saturated carbocycles. The maximum atomic E-state index is 11.2. The molecule has 0 atom stereocenters. The maximum absolute atomic E-state index is 11.2. The van der Waals surface area contributed by atoms with Crippen molar-refractivity contribution in [1.29, 1.82) is 0 Å². The molecule has 0 aliphatic rings. The molecule has 0 fully saturated rings. The standard InChI is InChI=1S/C12H23NO4/c1-4-13(5-2,6-3)9-10-17-12(16)8-7-11(14)15/h4-10H2,1-3H3/p+1. The third kappa shape index (κ3) is 6.26. The van der Waals surface area contributed by atoms with Crippen LogP contribution in [0.4, 0.5) is 0 Å². The van der Waals surface area contributed by atoms with Gasteiger partial charge in [0.05, 0.1) is 32.5 Å². The van der Waals surface area contributed by atoms with E-state index in [1.807, 2.05) is 0 Å². The number of hydrogen-bond acceptors (Lipinski definition) is 3. The Labute approximate surface area is 103 Å². The number of likely N-dealkylation sites (N-methyl/N-ethyl adjacent to an activating group) is 1. The van der Waals surface area contributed by atoms with E-state index < -0.39 is 11.9 Å². The lowest BCUT2D eigenvalue weighted by molar-refractivity contribution is -0.923. The molecule has 0 aliphatic heterocycles. The van der Waals surface area contributed by atoms with Crippen LogP contribution in [0.5, 0.6) is 0 Å². The van der Waals surface area contributed by atoms with Crippen LogP contribution in [0.1, 0.15) is 33.6 Å². The molecule has 1 N–H and O–H groups in total. The van der Waals surface area contributed by atoms with Gasteiger partial charge in [0.1, 0.15) is 13.2 Å². The van der Waals surface area contributed by atoms with Gasteiger partial charge in [0.25, 0.3) is 0 Å². The van der Waals surface area contributed by atoms with Crippen LogP contribution >= 0.6 is 0 Å². The Morgan fingerprint density at radius 1 is 1.06 bits per heavy atom. The molecule has 5 nitrogen and oxygen atoms in total. The molecule has 0 aliphatic carbocycles. The summed E-state index contributed by atoms with van der Waals surface area (Å²) in [6.07, 6.45) is -0.201. The highest BCUT2D eigenvalue weighted by molar-refractivity contribution is 5.76. The van der Waals surface area contributed by atoms with Gasteiger partial charge in [-0.05, 0) is 20.8 Å². The summed E-state index contributed by atoms with van der Waals surface area (Å²) >= 11 is 0. The summed E-state index contributed by atoms with van der Waals surface area (Å²) in [5, 5.41) is 8.42. The first kappa shape index (κ1) is 15.9. The normalized spacial score (nSPS) is 11.2. The minimum Gasteiger partial charge on any atom is -0.481 e. The van der Waals surface area contributed by atoms with E-state index in [0.29, 0.717) is 6.61 Å². The number of rotatable bonds is 9.